The van der Waals surface area contributed by atoms with E-state index >= 15 is 0 Å². The van der Waals surface area contributed by atoms with Crippen molar-refractivity contribution in [3.63, 3.8) is 0 Å². The Bertz CT molecular complexity index is 215. The van der Waals surface area contributed by atoms with Crippen LogP contribution in [0.4, 0.5) is 0 Å². The Hall–Kier alpha value is -0.610. The smallest absolute Gasteiger partial charge is 0.222 e. The number of carbonyl (C=O) groups is 1. The van der Waals surface area contributed by atoms with Crippen LogP contribution < -0.4 is 5.32 Å². The summed E-state index contributed by atoms with van der Waals surface area (Å²) in [6.07, 6.45) is 5.80. The molecule has 4 nitrogen and oxygen atoms in total. The van der Waals surface area contributed by atoms with Gasteiger partial charge in [-0.2, -0.15) is 0 Å². The Morgan fingerprint density at radius 3 is 2.65 bits per heavy atom. The highest BCUT2D eigenvalue weighted by Gasteiger charge is 2.18. The molecule has 0 aliphatic carbocycles. The number of aliphatic hydroxyl groups excluding tert-OH is 1. The first-order valence-electron chi connectivity index (χ1n) is 6.79. The maximum Gasteiger partial charge on any atom is 0.222 e. The van der Waals surface area contributed by atoms with Crippen LogP contribution in [0.25, 0.3) is 0 Å². The second-order valence-electron chi connectivity index (χ2n) is 5.00. The largest absolute Gasteiger partial charge is 0.396 e. The zero-order valence-electron chi connectivity index (χ0n) is 11.0. The van der Waals surface area contributed by atoms with Crippen LogP contribution >= 0.6 is 0 Å². The lowest BCUT2D eigenvalue weighted by atomic mass is 9.94. The monoisotopic (exact) mass is 242 g/mol. The second kappa shape index (κ2) is 8.48. The van der Waals surface area contributed by atoms with Crippen LogP contribution in [0.3, 0.4) is 0 Å². The van der Waals surface area contributed by atoms with E-state index in [1.807, 2.05) is 11.9 Å². The van der Waals surface area contributed by atoms with Crippen molar-refractivity contribution >= 4 is 5.91 Å². The van der Waals surface area contributed by atoms with Gasteiger partial charge in [0.25, 0.3) is 0 Å². The number of hydrogen-bond donors (Lipinski definition) is 2. The predicted molar refractivity (Wildman–Crippen MR) is 68.8 cm³/mol. The van der Waals surface area contributed by atoms with Crippen molar-refractivity contribution in [3.8, 4) is 0 Å². The lowest BCUT2D eigenvalue weighted by Crippen LogP contribution is -2.33. The second-order valence-corrected chi connectivity index (χ2v) is 5.00. The maximum atomic E-state index is 11.9. The average molecular weight is 242 g/mol. The highest BCUT2D eigenvalue weighted by Crippen LogP contribution is 2.16. The molecule has 100 valence electrons. The summed E-state index contributed by atoms with van der Waals surface area (Å²) in [7, 11) is 1.89. The first kappa shape index (κ1) is 14.5. The molecule has 1 rings (SSSR count). The molecule has 1 aliphatic heterocycles. The lowest BCUT2D eigenvalue weighted by molar-refractivity contribution is -0.131. The van der Waals surface area contributed by atoms with E-state index in [1.165, 1.54) is 0 Å². The van der Waals surface area contributed by atoms with Gasteiger partial charge < -0.3 is 15.3 Å². The number of piperidine rings is 1. The molecule has 0 bridgehead atoms. The minimum atomic E-state index is 0.257. The summed E-state index contributed by atoms with van der Waals surface area (Å²) in [5.74, 6) is 0.851. The van der Waals surface area contributed by atoms with Crippen molar-refractivity contribution in [3.05, 3.63) is 0 Å². The fourth-order valence-corrected chi connectivity index (χ4v) is 2.25. The van der Waals surface area contributed by atoms with Gasteiger partial charge in [-0.25, -0.2) is 0 Å². The number of nitrogens with zero attached hydrogens (tertiary/aromatic N) is 1. The van der Waals surface area contributed by atoms with Gasteiger partial charge in [-0.3, -0.25) is 4.79 Å². The number of hydrogen-bond acceptors (Lipinski definition) is 3. The van der Waals surface area contributed by atoms with Gasteiger partial charge >= 0.3 is 0 Å². The van der Waals surface area contributed by atoms with E-state index in [1.54, 1.807) is 0 Å². The molecular formula is C13H26N2O2. The van der Waals surface area contributed by atoms with Crippen LogP contribution in [-0.4, -0.2) is 49.2 Å². The normalized spacial score (nSPS) is 17.1. The van der Waals surface area contributed by atoms with Crippen LogP contribution in [0.5, 0.6) is 0 Å². The summed E-state index contributed by atoms with van der Waals surface area (Å²) in [5.41, 5.74) is 0. The molecule has 0 aromatic carbocycles. The molecule has 0 spiro atoms. The molecule has 0 saturated carbocycles. The Balaban J connectivity index is 2.12. The number of aliphatic hydroxyl groups is 1. The number of carbonyl (C=O) groups excluding carboxylic acids is 1. The third kappa shape index (κ3) is 6.03. The molecule has 4 heteroatoms. The lowest BCUT2D eigenvalue weighted by Gasteiger charge is -2.24. The summed E-state index contributed by atoms with van der Waals surface area (Å²) in [5, 5.41) is 12.0. The van der Waals surface area contributed by atoms with Gasteiger partial charge in [0.05, 0.1) is 0 Å². The quantitative estimate of drug-likeness (QED) is 0.655. The van der Waals surface area contributed by atoms with Crippen LogP contribution in [-0.2, 0) is 4.79 Å². The third-order valence-electron chi connectivity index (χ3n) is 3.50. The van der Waals surface area contributed by atoms with E-state index in [-0.39, 0.29) is 12.5 Å². The summed E-state index contributed by atoms with van der Waals surface area (Å²) in [4.78, 5) is 13.8. The Labute approximate surface area is 104 Å². The van der Waals surface area contributed by atoms with E-state index in [4.69, 9.17) is 5.11 Å². The Morgan fingerprint density at radius 2 is 2.00 bits per heavy atom. The first-order valence-corrected chi connectivity index (χ1v) is 6.79. The summed E-state index contributed by atoms with van der Waals surface area (Å²) in [6.45, 7) is 3.19. The van der Waals surface area contributed by atoms with Crippen molar-refractivity contribution in [2.45, 2.75) is 38.5 Å². The number of rotatable bonds is 7. The topological polar surface area (TPSA) is 52.6 Å². The molecule has 1 aliphatic rings. The molecule has 1 fully saturated rings. The molecule has 1 saturated heterocycles. The molecular weight excluding hydrogens is 216 g/mol. The van der Waals surface area contributed by atoms with E-state index in [0.717, 1.165) is 51.7 Å². The SMILES string of the molecule is CN(CCCCCO)C(=O)CC1CCNCC1. The molecule has 0 atom stereocenters. The molecule has 2 N–H and O–H groups in total. The number of amides is 1. The van der Waals surface area contributed by atoms with Crippen molar-refractivity contribution in [2.24, 2.45) is 5.92 Å². The van der Waals surface area contributed by atoms with Crippen molar-refractivity contribution in [1.29, 1.82) is 0 Å². The molecule has 1 heterocycles. The van der Waals surface area contributed by atoms with Crippen LogP contribution in [0.2, 0.25) is 0 Å². The third-order valence-corrected chi connectivity index (χ3v) is 3.50. The molecule has 17 heavy (non-hydrogen) atoms. The highest BCUT2D eigenvalue weighted by atomic mass is 16.2. The molecule has 0 radical (unpaired) electrons. The fourth-order valence-electron chi connectivity index (χ4n) is 2.25. The summed E-state index contributed by atoms with van der Waals surface area (Å²) < 4.78 is 0. The average Bonchev–Trinajstić information content (AvgIpc) is 2.35. The predicted octanol–water partition coefficient (Wildman–Crippen LogP) is 0.997. The highest BCUT2D eigenvalue weighted by molar-refractivity contribution is 5.76. The van der Waals surface area contributed by atoms with Gasteiger partial charge in [-0.1, -0.05) is 0 Å². The van der Waals surface area contributed by atoms with Gasteiger partial charge in [0.15, 0.2) is 0 Å². The van der Waals surface area contributed by atoms with E-state index in [9.17, 15) is 4.79 Å². The van der Waals surface area contributed by atoms with Crippen LogP contribution in [0.1, 0.15) is 38.5 Å². The zero-order valence-corrected chi connectivity index (χ0v) is 11.0. The molecule has 0 aromatic rings. The maximum absolute atomic E-state index is 11.9. The van der Waals surface area contributed by atoms with E-state index in [2.05, 4.69) is 5.32 Å². The van der Waals surface area contributed by atoms with Gasteiger partial charge in [-0.15, -0.1) is 0 Å². The molecule has 0 unspecified atom stereocenters. The van der Waals surface area contributed by atoms with E-state index < -0.39 is 0 Å². The van der Waals surface area contributed by atoms with Crippen molar-refractivity contribution < 1.29 is 9.90 Å². The summed E-state index contributed by atoms with van der Waals surface area (Å²) >= 11 is 0. The number of nitrogens with one attached hydrogen (secondary N) is 1. The minimum absolute atomic E-state index is 0.257. The fraction of sp³-hybridized carbons (Fsp3) is 0.923. The minimum Gasteiger partial charge on any atom is -0.396 e. The van der Waals surface area contributed by atoms with Crippen LogP contribution in [0.15, 0.2) is 0 Å². The van der Waals surface area contributed by atoms with Crippen LogP contribution in [0, 0.1) is 5.92 Å². The van der Waals surface area contributed by atoms with Gasteiger partial charge in [0.2, 0.25) is 5.91 Å². The van der Waals surface area contributed by atoms with Gasteiger partial charge in [0, 0.05) is 26.6 Å². The standard InChI is InChI=1S/C13H26N2O2/c1-15(9-3-2-4-10-16)13(17)11-12-5-7-14-8-6-12/h12,14,16H,2-11H2,1H3. The molecule has 0 aromatic heterocycles. The van der Waals surface area contributed by atoms with Crippen molar-refractivity contribution in [1.82, 2.24) is 10.2 Å². The Morgan fingerprint density at radius 1 is 1.29 bits per heavy atom. The summed E-state index contributed by atoms with van der Waals surface area (Å²) in [6, 6.07) is 0. The first-order chi connectivity index (χ1) is 8.24. The number of unbranched alkanes of at least 4 members (excludes halogenated alkanes) is 2. The van der Waals surface area contributed by atoms with E-state index in [0.29, 0.717) is 12.3 Å². The zero-order chi connectivity index (χ0) is 12.5. The van der Waals surface area contributed by atoms with Crippen molar-refractivity contribution in [2.75, 3.05) is 33.3 Å². The molecule has 1 amide bonds. The van der Waals surface area contributed by atoms with Gasteiger partial charge in [0.1, 0.15) is 0 Å². The van der Waals surface area contributed by atoms with Gasteiger partial charge in [-0.05, 0) is 51.1 Å². The Kier molecular flexibility index (Phi) is 7.21.